The predicted molar refractivity (Wildman–Crippen MR) is 98.3 cm³/mol. The standard InChI is InChI=1S/C20H24N4O2/c25-19-8-4-12-23(19)13-5-11-21-20(26)18-14-17(15-9-10-15)22-24(18)16-6-2-1-3-7-16/h1-3,6-7,14-15H,4-5,8-13H2,(H,21,26). The van der Waals surface area contributed by atoms with E-state index in [2.05, 4.69) is 10.4 Å². The van der Waals surface area contributed by atoms with E-state index in [-0.39, 0.29) is 11.8 Å². The Morgan fingerprint density at radius 3 is 2.73 bits per heavy atom. The fourth-order valence-corrected chi connectivity index (χ4v) is 3.41. The van der Waals surface area contributed by atoms with Crippen molar-refractivity contribution in [3.05, 3.63) is 47.8 Å². The van der Waals surface area contributed by atoms with Crippen molar-refractivity contribution in [2.75, 3.05) is 19.6 Å². The highest BCUT2D eigenvalue weighted by molar-refractivity contribution is 5.93. The Morgan fingerprint density at radius 1 is 1.23 bits per heavy atom. The number of nitrogens with one attached hydrogen (secondary N) is 1. The molecule has 4 rings (SSSR count). The minimum absolute atomic E-state index is 0.110. The molecule has 1 saturated carbocycles. The van der Waals surface area contributed by atoms with Crippen LogP contribution in [0.25, 0.3) is 5.69 Å². The van der Waals surface area contributed by atoms with E-state index < -0.39 is 0 Å². The number of benzene rings is 1. The largest absolute Gasteiger partial charge is 0.351 e. The lowest BCUT2D eigenvalue weighted by Crippen LogP contribution is -2.31. The van der Waals surface area contributed by atoms with Crippen LogP contribution in [0, 0.1) is 0 Å². The molecule has 1 aliphatic heterocycles. The summed E-state index contributed by atoms with van der Waals surface area (Å²) in [5.74, 6) is 0.612. The summed E-state index contributed by atoms with van der Waals surface area (Å²) in [5.41, 5.74) is 2.48. The second-order valence-corrected chi connectivity index (χ2v) is 7.07. The molecule has 0 spiro atoms. The van der Waals surface area contributed by atoms with Gasteiger partial charge in [0.2, 0.25) is 5.91 Å². The number of carbonyl (C=O) groups excluding carboxylic acids is 2. The second kappa shape index (κ2) is 7.32. The molecule has 2 aromatic rings. The molecule has 26 heavy (non-hydrogen) atoms. The van der Waals surface area contributed by atoms with Gasteiger partial charge >= 0.3 is 0 Å². The molecule has 2 fully saturated rings. The quantitative estimate of drug-likeness (QED) is 0.779. The Balaban J connectivity index is 1.41. The third-order valence-corrected chi connectivity index (χ3v) is 5.02. The van der Waals surface area contributed by atoms with Gasteiger partial charge in [0.25, 0.3) is 5.91 Å². The zero-order valence-electron chi connectivity index (χ0n) is 14.9. The molecular formula is C20H24N4O2. The Hall–Kier alpha value is -2.63. The molecule has 0 bridgehead atoms. The maximum Gasteiger partial charge on any atom is 0.270 e. The van der Waals surface area contributed by atoms with Gasteiger partial charge in [-0.2, -0.15) is 5.10 Å². The third kappa shape index (κ3) is 3.64. The normalized spacial score (nSPS) is 16.9. The second-order valence-electron chi connectivity index (χ2n) is 7.07. The van der Waals surface area contributed by atoms with Crippen molar-refractivity contribution in [3.63, 3.8) is 0 Å². The fraction of sp³-hybridized carbons (Fsp3) is 0.450. The molecule has 1 N–H and O–H groups in total. The van der Waals surface area contributed by atoms with Crippen molar-refractivity contribution < 1.29 is 9.59 Å². The van der Waals surface area contributed by atoms with Crippen LogP contribution in [0.1, 0.15) is 54.2 Å². The topological polar surface area (TPSA) is 67.2 Å². The minimum atomic E-state index is -0.110. The van der Waals surface area contributed by atoms with Crippen LogP contribution in [-0.2, 0) is 4.79 Å². The Bertz CT molecular complexity index is 795. The fourth-order valence-electron chi connectivity index (χ4n) is 3.41. The summed E-state index contributed by atoms with van der Waals surface area (Å²) in [6.45, 7) is 2.12. The molecule has 2 amide bonds. The van der Waals surface area contributed by atoms with Gasteiger partial charge < -0.3 is 10.2 Å². The maximum absolute atomic E-state index is 12.7. The molecule has 1 aromatic heterocycles. The highest BCUT2D eigenvalue weighted by atomic mass is 16.2. The van der Waals surface area contributed by atoms with E-state index in [1.54, 1.807) is 4.68 Å². The molecule has 2 heterocycles. The summed E-state index contributed by atoms with van der Waals surface area (Å²) in [6, 6.07) is 11.7. The van der Waals surface area contributed by atoms with Gasteiger partial charge in [-0.05, 0) is 43.9 Å². The van der Waals surface area contributed by atoms with Crippen molar-refractivity contribution in [2.45, 2.75) is 38.0 Å². The van der Waals surface area contributed by atoms with E-state index in [1.807, 2.05) is 41.3 Å². The van der Waals surface area contributed by atoms with E-state index >= 15 is 0 Å². The Morgan fingerprint density at radius 2 is 2.04 bits per heavy atom. The van der Waals surface area contributed by atoms with Gasteiger partial charge in [-0.3, -0.25) is 9.59 Å². The van der Waals surface area contributed by atoms with Crippen LogP contribution in [0.2, 0.25) is 0 Å². The molecule has 6 nitrogen and oxygen atoms in total. The number of hydrogen-bond acceptors (Lipinski definition) is 3. The average Bonchev–Trinajstić information content (AvgIpc) is 3.29. The van der Waals surface area contributed by atoms with Gasteiger partial charge in [0.05, 0.1) is 11.4 Å². The lowest BCUT2D eigenvalue weighted by molar-refractivity contribution is -0.127. The van der Waals surface area contributed by atoms with Crippen molar-refractivity contribution in [1.82, 2.24) is 20.0 Å². The monoisotopic (exact) mass is 352 g/mol. The Kier molecular flexibility index (Phi) is 4.73. The van der Waals surface area contributed by atoms with Gasteiger partial charge in [0.15, 0.2) is 0 Å². The number of aromatic nitrogens is 2. The van der Waals surface area contributed by atoms with Crippen LogP contribution >= 0.6 is 0 Å². The predicted octanol–water partition coefficient (Wildman–Crippen LogP) is 2.49. The first-order valence-corrected chi connectivity index (χ1v) is 9.44. The lowest BCUT2D eigenvalue weighted by atomic mass is 10.2. The van der Waals surface area contributed by atoms with Crippen molar-refractivity contribution in [3.8, 4) is 5.69 Å². The van der Waals surface area contributed by atoms with Crippen molar-refractivity contribution in [1.29, 1.82) is 0 Å². The van der Waals surface area contributed by atoms with Crippen LogP contribution < -0.4 is 5.32 Å². The molecule has 1 aromatic carbocycles. The maximum atomic E-state index is 12.7. The highest BCUT2D eigenvalue weighted by Gasteiger charge is 2.29. The molecule has 1 saturated heterocycles. The van der Waals surface area contributed by atoms with Crippen LogP contribution in [0.5, 0.6) is 0 Å². The minimum Gasteiger partial charge on any atom is -0.351 e. The number of nitrogens with zero attached hydrogens (tertiary/aromatic N) is 3. The highest BCUT2D eigenvalue weighted by Crippen LogP contribution is 2.39. The van der Waals surface area contributed by atoms with Crippen LogP contribution in [0.4, 0.5) is 0 Å². The number of hydrogen-bond donors (Lipinski definition) is 1. The van der Waals surface area contributed by atoms with Gasteiger partial charge in [0.1, 0.15) is 5.69 Å². The summed E-state index contributed by atoms with van der Waals surface area (Å²) in [6.07, 6.45) is 4.68. The molecule has 136 valence electrons. The number of rotatable bonds is 7. The van der Waals surface area contributed by atoms with E-state index in [4.69, 9.17) is 0 Å². The summed E-state index contributed by atoms with van der Waals surface area (Å²) < 4.78 is 1.74. The molecular weight excluding hydrogens is 328 g/mol. The number of para-hydroxylation sites is 1. The summed E-state index contributed by atoms with van der Waals surface area (Å²) in [7, 11) is 0. The first-order valence-electron chi connectivity index (χ1n) is 9.44. The SMILES string of the molecule is O=C(NCCCN1CCCC1=O)c1cc(C2CC2)nn1-c1ccccc1. The Labute approximate surface area is 153 Å². The first-order chi connectivity index (χ1) is 12.7. The lowest BCUT2D eigenvalue weighted by Gasteiger charge is -2.15. The van der Waals surface area contributed by atoms with Crippen molar-refractivity contribution in [2.24, 2.45) is 0 Å². The summed E-state index contributed by atoms with van der Waals surface area (Å²) >= 11 is 0. The van der Waals surface area contributed by atoms with Gasteiger partial charge in [0, 0.05) is 32.0 Å². The van der Waals surface area contributed by atoms with Gasteiger partial charge in [-0.1, -0.05) is 18.2 Å². The first kappa shape index (κ1) is 16.8. The van der Waals surface area contributed by atoms with E-state index in [0.717, 1.165) is 43.6 Å². The smallest absolute Gasteiger partial charge is 0.270 e. The summed E-state index contributed by atoms with van der Waals surface area (Å²) in [5, 5.41) is 7.65. The average molecular weight is 352 g/mol. The number of likely N-dealkylation sites (tertiary alicyclic amines) is 1. The number of amides is 2. The molecule has 1 aliphatic carbocycles. The van der Waals surface area contributed by atoms with E-state index in [1.165, 1.54) is 0 Å². The van der Waals surface area contributed by atoms with Gasteiger partial charge in [-0.15, -0.1) is 0 Å². The van der Waals surface area contributed by atoms with Crippen LogP contribution in [0.3, 0.4) is 0 Å². The molecule has 6 heteroatoms. The zero-order chi connectivity index (χ0) is 17.9. The zero-order valence-corrected chi connectivity index (χ0v) is 14.9. The van der Waals surface area contributed by atoms with E-state index in [0.29, 0.717) is 31.1 Å². The number of carbonyl (C=O) groups is 2. The molecule has 0 unspecified atom stereocenters. The third-order valence-electron chi connectivity index (χ3n) is 5.02. The molecule has 0 atom stereocenters. The van der Waals surface area contributed by atoms with Crippen LogP contribution in [0.15, 0.2) is 36.4 Å². The molecule has 0 radical (unpaired) electrons. The molecule has 2 aliphatic rings. The van der Waals surface area contributed by atoms with Crippen molar-refractivity contribution >= 4 is 11.8 Å². The van der Waals surface area contributed by atoms with Gasteiger partial charge in [-0.25, -0.2) is 4.68 Å². The van der Waals surface area contributed by atoms with Crippen LogP contribution in [-0.4, -0.2) is 46.1 Å². The summed E-state index contributed by atoms with van der Waals surface area (Å²) in [4.78, 5) is 26.2. The van der Waals surface area contributed by atoms with E-state index in [9.17, 15) is 9.59 Å².